The number of benzene rings is 1. The van der Waals surface area contributed by atoms with Crippen LogP contribution in [-0.2, 0) is 0 Å². The molecule has 2 N–H and O–H groups in total. The third-order valence-corrected chi connectivity index (χ3v) is 6.10. The van der Waals surface area contributed by atoms with Crippen LogP contribution in [0.2, 0.25) is 0 Å². The third kappa shape index (κ3) is 2.32. The highest BCUT2D eigenvalue weighted by molar-refractivity contribution is 7.12. The maximum absolute atomic E-state index is 6.60. The summed E-state index contributed by atoms with van der Waals surface area (Å²) < 4.78 is 0. The number of aryl methyl sites for hydroxylation is 2. The lowest BCUT2D eigenvalue weighted by atomic mass is 9.86. The predicted octanol–water partition coefficient (Wildman–Crippen LogP) is 4.96. The molecule has 1 atom stereocenters. The summed E-state index contributed by atoms with van der Waals surface area (Å²) in [7, 11) is 0. The van der Waals surface area contributed by atoms with Gasteiger partial charge in [-0.2, -0.15) is 0 Å². The number of hydrogen-bond acceptors (Lipinski definition) is 2. The Kier molecular flexibility index (Phi) is 4.08. The van der Waals surface area contributed by atoms with Gasteiger partial charge in [0, 0.05) is 9.75 Å². The second kappa shape index (κ2) is 5.34. The van der Waals surface area contributed by atoms with Gasteiger partial charge in [0.2, 0.25) is 0 Å². The highest BCUT2D eigenvalue weighted by Gasteiger charge is 2.20. The molecule has 1 aromatic heterocycles. The number of nitrogens with two attached hydrogens (primary N) is 1. The van der Waals surface area contributed by atoms with Gasteiger partial charge in [-0.3, -0.25) is 0 Å². The van der Waals surface area contributed by atoms with E-state index >= 15 is 0 Å². The summed E-state index contributed by atoms with van der Waals surface area (Å²) in [5.41, 5.74) is 16.1. The normalized spacial score (nSPS) is 12.8. The first-order valence-electron chi connectivity index (χ1n) is 7.15. The molecule has 1 heterocycles. The van der Waals surface area contributed by atoms with Crippen molar-refractivity contribution in [3.63, 3.8) is 0 Å². The Morgan fingerprint density at radius 1 is 0.800 bits per heavy atom. The number of hydrogen-bond donors (Lipinski definition) is 1. The lowest BCUT2D eigenvalue weighted by molar-refractivity contribution is 0.860. The SMILES string of the molecule is Cc1cc(C(N)c2c(C)c(C)c(C)c(C)c2C)sc1C. The van der Waals surface area contributed by atoms with E-state index in [9.17, 15) is 0 Å². The van der Waals surface area contributed by atoms with Crippen LogP contribution in [0.25, 0.3) is 0 Å². The van der Waals surface area contributed by atoms with E-state index in [0.717, 1.165) is 0 Å². The van der Waals surface area contributed by atoms with E-state index in [1.165, 1.54) is 48.7 Å². The van der Waals surface area contributed by atoms with Crippen molar-refractivity contribution in [1.29, 1.82) is 0 Å². The summed E-state index contributed by atoms with van der Waals surface area (Å²) in [6.07, 6.45) is 0. The summed E-state index contributed by atoms with van der Waals surface area (Å²) in [6.45, 7) is 15.4. The molecule has 0 aliphatic rings. The fraction of sp³-hybridized carbons (Fsp3) is 0.444. The molecule has 0 radical (unpaired) electrons. The molecule has 0 saturated heterocycles. The molecule has 0 bridgehead atoms. The minimum absolute atomic E-state index is 0.00889. The minimum atomic E-state index is -0.00889. The average Bonchev–Trinajstić information content (AvgIpc) is 2.74. The monoisotopic (exact) mass is 287 g/mol. The first kappa shape index (κ1) is 15.3. The van der Waals surface area contributed by atoms with Crippen LogP contribution in [0.5, 0.6) is 0 Å². The molecule has 20 heavy (non-hydrogen) atoms. The summed E-state index contributed by atoms with van der Waals surface area (Å²) in [5, 5.41) is 0. The van der Waals surface area contributed by atoms with Crippen molar-refractivity contribution < 1.29 is 0 Å². The van der Waals surface area contributed by atoms with Crippen molar-refractivity contribution in [2.75, 3.05) is 0 Å². The Balaban J connectivity index is 2.63. The number of rotatable bonds is 2. The molecule has 0 amide bonds. The zero-order valence-electron chi connectivity index (χ0n) is 13.6. The van der Waals surface area contributed by atoms with Crippen LogP contribution in [0.15, 0.2) is 6.07 Å². The Labute approximate surface area is 126 Å². The van der Waals surface area contributed by atoms with E-state index in [4.69, 9.17) is 5.73 Å². The lowest BCUT2D eigenvalue weighted by Gasteiger charge is -2.22. The zero-order valence-corrected chi connectivity index (χ0v) is 14.5. The van der Waals surface area contributed by atoms with Gasteiger partial charge >= 0.3 is 0 Å². The van der Waals surface area contributed by atoms with E-state index in [0.29, 0.717) is 0 Å². The first-order valence-corrected chi connectivity index (χ1v) is 7.96. The van der Waals surface area contributed by atoms with Gasteiger partial charge in [-0.25, -0.2) is 0 Å². The van der Waals surface area contributed by atoms with Crippen molar-refractivity contribution in [2.45, 2.75) is 54.5 Å². The molecule has 2 rings (SSSR count). The zero-order chi connectivity index (χ0) is 15.2. The molecule has 0 saturated carbocycles. The van der Waals surface area contributed by atoms with Gasteiger partial charge in [0.25, 0.3) is 0 Å². The van der Waals surface area contributed by atoms with Crippen molar-refractivity contribution in [3.8, 4) is 0 Å². The predicted molar refractivity (Wildman–Crippen MR) is 90.0 cm³/mol. The molecule has 2 heteroatoms. The van der Waals surface area contributed by atoms with Gasteiger partial charge < -0.3 is 5.73 Å². The summed E-state index contributed by atoms with van der Waals surface area (Å²) in [4.78, 5) is 2.64. The Hall–Kier alpha value is -1.12. The second-order valence-electron chi connectivity index (χ2n) is 5.90. The summed E-state index contributed by atoms with van der Waals surface area (Å²) in [6, 6.07) is 2.24. The van der Waals surface area contributed by atoms with Gasteiger partial charge in [0.15, 0.2) is 0 Å². The Morgan fingerprint density at radius 3 is 1.65 bits per heavy atom. The second-order valence-corrected chi connectivity index (χ2v) is 7.19. The molecule has 1 aromatic carbocycles. The molecule has 0 spiro atoms. The standard InChI is InChI=1S/C18H25NS/c1-9-8-16(20-15(9)7)18(19)17-13(5)11(3)10(2)12(4)14(17)6/h8,18H,19H2,1-7H3. The van der Waals surface area contributed by atoms with Crippen molar-refractivity contribution in [1.82, 2.24) is 0 Å². The van der Waals surface area contributed by atoms with Crippen molar-refractivity contribution in [3.05, 3.63) is 54.8 Å². The average molecular weight is 287 g/mol. The van der Waals surface area contributed by atoms with Gasteiger partial charge in [0.1, 0.15) is 0 Å². The largest absolute Gasteiger partial charge is 0.320 e. The van der Waals surface area contributed by atoms with Gasteiger partial charge in [-0.1, -0.05) is 0 Å². The van der Waals surface area contributed by atoms with Crippen LogP contribution in [-0.4, -0.2) is 0 Å². The molecule has 0 fully saturated rings. The fourth-order valence-electron chi connectivity index (χ4n) is 2.89. The quantitative estimate of drug-likeness (QED) is 0.830. The molecule has 0 aliphatic carbocycles. The summed E-state index contributed by atoms with van der Waals surface area (Å²) >= 11 is 1.83. The highest BCUT2D eigenvalue weighted by Crippen LogP contribution is 2.35. The van der Waals surface area contributed by atoms with Crippen LogP contribution in [0.1, 0.15) is 54.7 Å². The molecule has 1 nitrogen and oxygen atoms in total. The molecular weight excluding hydrogens is 262 g/mol. The van der Waals surface area contributed by atoms with Crippen LogP contribution < -0.4 is 5.73 Å². The van der Waals surface area contributed by atoms with E-state index in [1.807, 2.05) is 11.3 Å². The van der Waals surface area contributed by atoms with Crippen LogP contribution in [0, 0.1) is 48.5 Å². The molecule has 108 valence electrons. The first-order chi connectivity index (χ1) is 9.25. The van der Waals surface area contributed by atoms with Crippen LogP contribution >= 0.6 is 11.3 Å². The van der Waals surface area contributed by atoms with Crippen LogP contribution in [0.3, 0.4) is 0 Å². The molecule has 1 unspecified atom stereocenters. The van der Waals surface area contributed by atoms with E-state index in [-0.39, 0.29) is 6.04 Å². The fourth-order valence-corrected chi connectivity index (χ4v) is 3.95. The van der Waals surface area contributed by atoms with Gasteiger partial charge in [-0.05, 0) is 93.5 Å². The van der Waals surface area contributed by atoms with Crippen molar-refractivity contribution in [2.24, 2.45) is 5.73 Å². The smallest absolute Gasteiger partial charge is 0.0651 e. The maximum Gasteiger partial charge on any atom is 0.0651 e. The minimum Gasteiger partial charge on any atom is -0.320 e. The third-order valence-electron chi connectivity index (χ3n) is 4.86. The Bertz CT molecular complexity index is 616. The van der Waals surface area contributed by atoms with Crippen LogP contribution in [0.4, 0.5) is 0 Å². The maximum atomic E-state index is 6.60. The summed E-state index contributed by atoms with van der Waals surface area (Å²) in [5.74, 6) is 0. The lowest BCUT2D eigenvalue weighted by Crippen LogP contribution is -2.16. The molecule has 0 aliphatic heterocycles. The van der Waals surface area contributed by atoms with E-state index in [2.05, 4.69) is 54.5 Å². The van der Waals surface area contributed by atoms with Crippen molar-refractivity contribution >= 4 is 11.3 Å². The molecule has 2 aromatic rings. The van der Waals surface area contributed by atoms with Gasteiger partial charge in [0.05, 0.1) is 6.04 Å². The highest BCUT2D eigenvalue weighted by atomic mass is 32.1. The topological polar surface area (TPSA) is 26.0 Å². The Morgan fingerprint density at radius 2 is 1.25 bits per heavy atom. The van der Waals surface area contributed by atoms with E-state index in [1.54, 1.807) is 0 Å². The van der Waals surface area contributed by atoms with Gasteiger partial charge in [-0.15, -0.1) is 11.3 Å². The molecular formula is C18H25NS. The number of thiophene rings is 1. The van der Waals surface area contributed by atoms with E-state index < -0.39 is 0 Å².